The fourth-order valence-electron chi connectivity index (χ4n) is 1.77. The van der Waals surface area contributed by atoms with Gasteiger partial charge in [-0.2, -0.15) is 0 Å². The van der Waals surface area contributed by atoms with E-state index in [4.69, 9.17) is 16.3 Å². The van der Waals surface area contributed by atoms with Gasteiger partial charge in [-0.3, -0.25) is 0 Å². The van der Waals surface area contributed by atoms with Gasteiger partial charge < -0.3 is 4.74 Å². The molecule has 1 aliphatic heterocycles. The Morgan fingerprint density at radius 2 is 2.23 bits per heavy atom. The number of ether oxygens (including phenoxy) is 1. The van der Waals surface area contributed by atoms with E-state index in [-0.39, 0.29) is 5.41 Å². The number of alkyl halides is 1. The van der Waals surface area contributed by atoms with Crippen LogP contribution in [0.2, 0.25) is 0 Å². The Hall–Kier alpha value is 0.250. The highest BCUT2D eigenvalue weighted by Crippen LogP contribution is 2.36. The smallest absolute Gasteiger partial charge is 0.0581 e. The van der Waals surface area contributed by atoms with Crippen LogP contribution in [-0.2, 0) is 4.74 Å². The fraction of sp³-hybridized carbons (Fsp3) is 1.00. The van der Waals surface area contributed by atoms with E-state index < -0.39 is 0 Å². The Morgan fingerprint density at radius 3 is 2.62 bits per heavy atom. The van der Waals surface area contributed by atoms with Crippen LogP contribution in [0.5, 0.6) is 0 Å². The molecule has 0 spiro atoms. The van der Waals surface area contributed by atoms with Crippen molar-refractivity contribution >= 4 is 11.6 Å². The second-order valence-corrected chi connectivity index (χ2v) is 5.05. The molecule has 1 saturated heterocycles. The topological polar surface area (TPSA) is 9.23 Å². The van der Waals surface area contributed by atoms with Crippen molar-refractivity contribution < 1.29 is 4.74 Å². The summed E-state index contributed by atoms with van der Waals surface area (Å²) in [5.74, 6) is 1.37. The van der Waals surface area contributed by atoms with E-state index in [1.165, 1.54) is 12.8 Å². The molecule has 0 bridgehead atoms. The Morgan fingerprint density at radius 1 is 1.54 bits per heavy atom. The summed E-state index contributed by atoms with van der Waals surface area (Å²) in [7, 11) is 0. The van der Waals surface area contributed by atoms with Crippen molar-refractivity contribution in [3.8, 4) is 0 Å². The second kappa shape index (κ2) is 4.65. The van der Waals surface area contributed by atoms with Crippen molar-refractivity contribution in [1.29, 1.82) is 0 Å². The van der Waals surface area contributed by atoms with Crippen LogP contribution in [0, 0.1) is 11.3 Å². The molecule has 2 heteroatoms. The van der Waals surface area contributed by atoms with Crippen LogP contribution >= 0.6 is 11.6 Å². The summed E-state index contributed by atoms with van der Waals surface area (Å²) in [4.78, 5) is 0. The molecule has 0 aromatic carbocycles. The maximum Gasteiger partial charge on any atom is 0.0581 e. The molecule has 0 amide bonds. The molecule has 0 radical (unpaired) electrons. The van der Waals surface area contributed by atoms with Gasteiger partial charge in [-0.05, 0) is 30.6 Å². The van der Waals surface area contributed by atoms with Crippen molar-refractivity contribution in [2.45, 2.75) is 46.1 Å². The minimum Gasteiger partial charge on any atom is -0.378 e. The second-order valence-electron chi connectivity index (χ2n) is 4.78. The molecule has 0 aromatic rings. The summed E-state index contributed by atoms with van der Waals surface area (Å²) in [5, 5.41) is 0. The highest BCUT2D eigenvalue weighted by atomic mass is 35.5. The summed E-state index contributed by atoms with van der Waals surface area (Å²) >= 11 is 6.03. The molecule has 0 saturated carbocycles. The quantitative estimate of drug-likeness (QED) is 0.638. The monoisotopic (exact) mass is 204 g/mol. The van der Waals surface area contributed by atoms with Crippen LogP contribution < -0.4 is 0 Å². The predicted molar refractivity (Wildman–Crippen MR) is 57.3 cm³/mol. The molecule has 2 atom stereocenters. The van der Waals surface area contributed by atoms with Gasteiger partial charge in [0.25, 0.3) is 0 Å². The minimum atomic E-state index is 0.247. The van der Waals surface area contributed by atoms with E-state index in [9.17, 15) is 0 Å². The Balaban J connectivity index is 2.46. The van der Waals surface area contributed by atoms with E-state index in [0.717, 1.165) is 18.9 Å². The molecule has 13 heavy (non-hydrogen) atoms. The first-order valence-corrected chi connectivity index (χ1v) is 5.79. The van der Waals surface area contributed by atoms with Gasteiger partial charge in [-0.1, -0.05) is 20.8 Å². The third-order valence-corrected chi connectivity index (χ3v) is 4.03. The Kier molecular flexibility index (Phi) is 4.06. The number of halogens is 1. The lowest BCUT2D eigenvalue weighted by Gasteiger charge is -2.33. The maximum absolute atomic E-state index is 6.03. The zero-order valence-electron chi connectivity index (χ0n) is 8.98. The lowest BCUT2D eigenvalue weighted by Crippen LogP contribution is -2.30. The van der Waals surface area contributed by atoms with Crippen LogP contribution in [0.15, 0.2) is 0 Å². The van der Waals surface area contributed by atoms with Gasteiger partial charge in [0.05, 0.1) is 6.10 Å². The molecule has 0 aromatic heterocycles. The average molecular weight is 205 g/mol. The third-order valence-electron chi connectivity index (χ3n) is 3.42. The van der Waals surface area contributed by atoms with Crippen molar-refractivity contribution in [2.24, 2.45) is 11.3 Å². The van der Waals surface area contributed by atoms with E-state index in [2.05, 4.69) is 20.8 Å². The lowest BCUT2D eigenvalue weighted by atomic mass is 9.76. The van der Waals surface area contributed by atoms with Crippen LogP contribution in [0.1, 0.15) is 40.0 Å². The summed E-state index contributed by atoms with van der Waals surface area (Å²) < 4.78 is 5.64. The number of rotatable bonds is 4. The zero-order valence-corrected chi connectivity index (χ0v) is 9.73. The molecule has 0 N–H and O–H groups in total. The van der Waals surface area contributed by atoms with Gasteiger partial charge in [0.1, 0.15) is 0 Å². The summed E-state index contributed by atoms with van der Waals surface area (Å²) in [6.07, 6.45) is 4.03. The average Bonchev–Trinajstić information content (AvgIpc) is 2.56. The first-order valence-electron chi connectivity index (χ1n) is 5.26. The third kappa shape index (κ3) is 2.85. The molecule has 1 nitrogen and oxygen atoms in total. The van der Waals surface area contributed by atoms with E-state index >= 15 is 0 Å². The largest absolute Gasteiger partial charge is 0.378 e. The van der Waals surface area contributed by atoms with Crippen molar-refractivity contribution in [1.82, 2.24) is 0 Å². The molecule has 0 aliphatic carbocycles. The van der Waals surface area contributed by atoms with Crippen LogP contribution in [-0.4, -0.2) is 18.6 Å². The molecular formula is C11H21ClO. The van der Waals surface area contributed by atoms with Crippen molar-refractivity contribution in [3.63, 3.8) is 0 Å². The molecule has 78 valence electrons. The molecule has 2 unspecified atom stereocenters. The van der Waals surface area contributed by atoms with Gasteiger partial charge in [0.2, 0.25) is 0 Å². The van der Waals surface area contributed by atoms with Gasteiger partial charge in [-0.25, -0.2) is 0 Å². The number of hydrogen-bond acceptors (Lipinski definition) is 1. The lowest BCUT2D eigenvalue weighted by molar-refractivity contribution is 0.0575. The van der Waals surface area contributed by atoms with Crippen molar-refractivity contribution in [2.75, 3.05) is 12.5 Å². The van der Waals surface area contributed by atoms with Gasteiger partial charge >= 0.3 is 0 Å². The summed E-state index contributed by atoms with van der Waals surface area (Å²) in [6, 6.07) is 0. The zero-order chi connectivity index (χ0) is 9.90. The van der Waals surface area contributed by atoms with Crippen molar-refractivity contribution in [3.05, 3.63) is 0 Å². The molecule has 1 heterocycles. The highest BCUT2D eigenvalue weighted by Gasteiger charge is 2.32. The highest BCUT2D eigenvalue weighted by molar-refractivity contribution is 6.18. The first-order chi connectivity index (χ1) is 6.08. The van der Waals surface area contributed by atoms with E-state index in [0.29, 0.717) is 12.0 Å². The molecular weight excluding hydrogens is 184 g/mol. The molecule has 1 rings (SSSR count). The fourth-order valence-corrected chi connectivity index (χ4v) is 2.19. The Labute approximate surface area is 86.8 Å². The van der Waals surface area contributed by atoms with E-state index in [1.54, 1.807) is 0 Å². The Bertz CT molecular complexity index is 152. The summed E-state index contributed by atoms with van der Waals surface area (Å²) in [5.41, 5.74) is 0.247. The predicted octanol–water partition coefficient (Wildman–Crippen LogP) is 3.46. The SMILES string of the molecule is CC(C)C(C)(CCl)CC1CCCO1. The van der Waals surface area contributed by atoms with E-state index in [1.807, 2.05) is 0 Å². The maximum atomic E-state index is 6.03. The normalized spacial score (nSPS) is 27.9. The molecule has 1 aliphatic rings. The number of hydrogen-bond donors (Lipinski definition) is 0. The van der Waals surface area contributed by atoms with Crippen LogP contribution in [0.4, 0.5) is 0 Å². The first kappa shape index (κ1) is 11.3. The van der Waals surface area contributed by atoms with Crippen LogP contribution in [0.25, 0.3) is 0 Å². The van der Waals surface area contributed by atoms with Crippen LogP contribution in [0.3, 0.4) is 0 Å². The summed E-state index contributed by atoms with van der Waals surface area (Å²) in [6.45, 7) is 7.71. The van der Waals surface area contributed by atoms with Gasteiger partial charge in [0.15, 0.2) is 0 Å². The van der Waals surface area contributed by atoms with Gasteiger partial charge in [-0.15, -0.1) is 11.6 Å². The standard InChI is InChI=1S/C11H21ClO/c1-9(2)11(3,8-12)7-10-5-4-6-13-10/h9-10H,4-8H2,1-3H3. The molecule has 1 fully saturated rings. The minimum absolute atomic E-state index is 0.247. The van der Waals surface area contributed by atoms with Gasteiger partial charge in [0, 0.05) is 12.5 Å².